The molecule has 1 aromatic heterocycles. The van der Waals surface area contributed by atoms with Crippen LogP contribution in [0, 0.1) is 0 Å². The maximum absolute atomic E-state index is 9.53. The summed E-state index contributed by atoms with van der Waals surface area (Å²) in [5, 5.41) is 10.7. The summed E-state index contributed by atoms with van der Waals surface area (Å²) in [6.45, 7) is 1.71. The number of nitrogens with zero attached hydrogens (tertiary/aromatic N) is 1. The zero-order valence-corrected chi connectivity index (χ0v) is 12.3. The minimum Gasteiger partial charge on any atom is -0.431 e. The summed E-state index contributed by atoms with van der Waals surface area (Å²) in [6.07, 6.45) is -0.532. The standard InChI is InChI=1S/C15H12ClNO2S/c1-9(18)10-6-7-14(11(16)8-10)20-15-17-12-4-2-3-5-13(12)19-15/h2-9,18H,1H3. The van der Waals surface area contributed by atoms with Crippen LogP contribution < -0.4 is 0 Å². The third-order valence-corrected chi connectivity index (χ3v) is 4.26. The van der Waals surface area contributed by atoms with Gasteiger partial charge >= 0.3 is 0 Å². The van der Waals surface area contributed by atoms with Crippen molar-refractivity contribution in [2.45, 2.75) is 23.1 Å². The van der Waals surface area contributed by atoms with Crippen LogP contribution in [-0.2, 0) is 0 Å². The van der Waals surface area contributed by atoms with E-state index in [9.17, 15) is 5.11 Å². The molecule has 1 unspecified atom stereocenters. The van der Waals surface area contributed by atoms with Crippen LogP contribution >= 0.6 is 23.4 Å². The number of rotatable bonds is 3. The lowest BCUT2D eigenvalue weighted by molar-refractivity contribution is 0.199. The molecule has 0 amide bonds. The summed E-state index contributed by atoms with van der Waals surface area (Å²) < 4.78 is 5.65. The van der Waals surface area contributed by atoms with Gasteiger partial charge in [0, 0.05) is 4.90 Å². The van der Waals surface area contributed by atoms with E-state index in [1.54, 1.807) is 13.0 Å². The molecule has 1 atom stereocenters. The second-order valence-corrected chi connectivity index (χ2v) is 5.82. The molecule has 1 heterocycles. The van der Waals surface area contributed by atoms with Crippen LogP contribution in [0.1, 0.15) is 18.6 Å². The molecule has 0 aliphatic carbocycles. The zero-order chi connectivity index (χ0) is 14.1. The van der Waals surface area contributed by atoms with Gasteiger partial charge in [-0.15, -0.1) is 0 Å². The Kier molecular flexibility index (Phi) is 3.70. The summed E-state index contributed by atoms with van der Waals surface area (Å²) >= 11 is 7.59. The Balaban J connectivity index is 1.90. The second-order valence-electron chi connectivity index (χ2n) is 4.42. The van der Waals surface area contributed by atoms with Crippen LogP contribution in [0.5, 0.6) is 0 Å². The van der Waals surface area contributed by atoms with Crippen LogP contribution in [0.25, 0.3) is 11.1 Å². The number of para-hydroxylation sites is 2. The molecule has 3 rings (SSSR count). The molecule has 0 fully saturated rings. The summed E-state index contributed by atoms with van der Waals surface area (Å²) in [4.78, 5) is 5.24. The van der Waals surface area contributed by atoms with Gasteiger partial charge in [0.2, 0.25) is 0 Å². The average Bonchev–Trinajstić information content (AvgIpc) is 2.83. The monoisotopic (exact) mass is 305 g/mol. The number of fused-ring (bicyclic) bond motifs is 1. The van der Waals surface area contributed by atoms with Crippen LogP contribution in [0.3, 0.4) is 0 Å². The summed E-state index contributed by atoms with van der Waals surface area (Å²) in [5.41, 5.74) is 2.37. The van der Waals surface area contributed by atoms with Crippen LogP contribution in [0.2, 0.25) is 5.02 Å². The third-order valence-electron chi connectivity index (χ3n) is 2.91. The molecule has 1 N–H and O–H groups in total. The van der Waals surface area contributed by atoms with E-state index in [0.29, 0.717) is 10.2 Å². The first kappa shape index (κ1) is 13.5. The van der Waals surface area contributed by atoms with Gasteiger partial charge in [0.1, 0.15) is 5.52 Å². The van der Waals surface area contributed by atoms with Crippen molar-refractivity contribution in [3.63, 3.8) is 0 Å². The van der Waals surface area contributed by atoms with Gasteiger partial charge < -0.3 is 9.52 Å². The second kappa shape index (κ2) is 5.48. The van der Waals surface area contributed by atoms with Gasteiger partial charge in [0.25, 0.3) is 5.22 Å². The van der Waals surface area contributed by atoms with E-state index < -0.39 is 6.10 Å². The van der Waals surface area contributed by atoms with Crippen LogP contribution in [0.15, 0.2) is 57.0 Å². The van der Waals surface area contributed by atoms with E-state index in [1.807, 2.05) is 36.4 Å². The summed E-state index contributed by atoms with van der Waals surface area (Å²) in [6, 6.07) is 13.1. The van der Waals surface area contributed by atoms with Crippen molar-refractivity contribution in [2.75, 3.05) is 0 Å². The Morgan fingerprint density at radius 3 is 2.75 bits per heavy atom. The number of aromatic nitrogens is 1. The molecular formula is C15H12ClNO2S. The normalized spacial score (nSPS) is 12.8. The van der Waals surface area contributed by atoms with E-state index in [4.69, 9.17) is 16.0 Å². The first-order valence-corrected chi connectivity index (χ1v) is 7.34. The topological polar surface area (TPSA) is 46.3 Å². The highest BCUT2D eigenvalue weighted by molar-refractivity contribution is 7.99. The van der Waals surface area contributed by atoms with Gasteiger partial charge in [0.15, 0.2) is 5.58 Å². The van der Waals surface area contributed by atoms with E-state index in [1.165, 1.54) is 11.8 Å². The van der Waals surface area contributed by atoms with Crippen molar-refractivity contribution in [2.24, 2.45) is 0 Å². The molecule has 2 aromatic carbocycles. The number of oxazole rings is 1. The van der Waals surface area contributed by atoms with Crippen molar-refractivity contribution in [1.29, 1.82) is 0 Å². The van der Waals surface area contributed by atoms with E-state index in [2.05, 4.69) is 4.98 Å². The molecule has 5 heteroatoms. The minimum atomic E-state index is -0.532. The number of aliphatic hydroxyl groups is 1. The number of benzene rings is 2. The number of aliphatic hydroxyl groups excluding tert-OH is 1. The number of hydrogen-bond donors (Lipinski definition) is 1. The fraction of sp³-hybridized carbons (Fsp3) is 0.133. The molecule has 0 aliphatic rings. The summed E-state index contributed by atoms with van der Waals surface area (Å²) in [7, 11) is 0. The molecule has 0 bridgehead atoms. The highest BCUT2D eigenvalue weighted by atomic mass is 35.5. The Morgan fingerprint density at radius 2 is 2.05 bits per heavy atom. The van der Waals surface area contributed by atoms with Gasteiger partial charge in [-0.25, -0.2) is 4.98 Å². The van der Waals surface area contributed by atoms with Crippen molar-refractivity contribution < 1.29 is 9.52 Å². The fourth-order valence-electron chi connectivity index (χ4n) is 1.85. The van der Waals surface area contributed by atoms with Gasteiger partial charge in [-0.3, -0.25) is 0 Å². The highest BCUT2D eigenvalue weighted by Gasteiger charge is 2.11. The maximum Gasteiger partial charge on any atom is 0.261 e. The van der Waals surface area contributed by atoms with E-state index in [0.717, 1.165) is 21.6 Å². The Bertz CT molecular complexity index is 721. The molecule has 20 heavy (non-hydrogen) atoms. The lowest BCUT2D eigenvalue weighted by Gasteiger charge is -2.07. The maximum atomic E-state index is 9.53. The predicted molar refractivity (Wildman–Crippen MR) is 80.2 cm³/mol. The number of hydrogen-bond acceptors (Lipinski definition) is 4. The Morgan fingerprint density at radius 1 is 1.25 bits per heavy atom. The Hall–Kier alpha value is -1.49. The van der Waals surface area contributed by atoms with Crippen molar-refractivity contribution in [1.82, 2.24) is 4.98 Å². The lowest BCUT2D eigenvalue weighted by atomic mass is 10.1. The molecular weight excluding hydrogens is 294 g/mol. The van der Waals surface area contributed by atoms with Gasteiger partial charge in [0.05, 0.1) is 11.1 Å². The molecule has 102 valence electrons. The smallest absolute Gasteiger partial charge is 0.261 e. The van der Waals surface area contributed by atoms with Crippen LogP contribution in [0.4, 0.5) is 0 Å². The van der Waals surface area contributed by atoms with Crippen molar-refractivity contribution >= 4 is 34.5 Å². The van der Waals surface area contributed by atoms with Crippen molar-refractivity contribution in [3.05, 3.63) is 53.1 Å². The third kappa shape index (κ3) is 2.68. The van der Waals surface area contributed by atoms with Crippen LogP contribution in [-0.4, -0.2) is 10.1 Å². The van der Waals surface area contributed by atoms with Gasteiger partial charge in [-0.2, -0.15) is 0 Å². The molecule has 0 spiro atoms. The molecule has 0 aliphatic heterocycles. The van der Waals surface area contributed by atoms with Gasteiger partial charge in [-0.1, -0.05) is 29.8 Å². The first-order chi connectivity index (χ1) is 9.63. The van der Waals surface area contributed by atoms with Crippen molar-refractivity contribution in [3.8, 4) is 0 Å². The molecule has 0 radical (unpaired) electrons. The average molecular weight is 306 g/mol. The summed E-state index contributed by atoms with van der Waals surface area (Å²) in [5.74, 6) is 0. The molecule has 3 nitrogen and oxygen atoms in total. The Labute approximate surface area is 125 Å². The van der Waals surface area contributed by atoms with Gasteiger partial charge in [-0.05, 0) is 48.5 Å². The van der Waals surface area contributed by atoms with E-state index >= 15 is 0 Å². The largest absolute Gasteiger partial charge is 0.431 e. The minimum absolute atomic E-state index is 0.532. The number of halogens is 1. The molecule has 3 aromatic rings. The molecule has 0 saturated carbocycles. The molecule has 0 saturated heterocycles. The SMILES string of the molecule is CC(O)c1ccc(Sc2nc3ccccc3o2)c(Cl)c1. The highest BCUT2D eigenvalue weighted by Crippen LogP contribution is 2.35. The predicted octanol–water partition coefficient (Wildman–Crippen LogP) is 4.69. The van der Waals surface area contributed by atoms with E-state index in [-0.39, 0.29) is 0 Å². The zero-order valence-electron chi connectivity index (χ0n) is 10.7. The first-order valence-electron chi connectivity index (χ1n) is 6.14. The fourth-order valence-corrected chi connectivity index (χ4v) is 2.91. The quantitative estimate of drug-likeness (QED) is 0.763. The lowest BCUT2D eigenvalue weighted by Crippen LogP contribution is -1.90.